The average molecular weight is 314 g/mol. The molecule has 1 aliphatic heterocycles. The van der Waals surface area contributed by atoms with Crippen LogP contribution in [-0.2, 0) is 21.8 Å². The van der Waals surface area contributed by atoms with Crippen LogP contribution in [0.1, 0.15) is 12.5 Å². The number of benzene rings is 1. The lowest BCUT2D eigenvalue weighted by atomic mass is 10.1. The van der Waals surface area contributed by atoms with Gasteiger partial charge in [-0.3, -0.25) is 0 Å². The zero-order valence-corrected chi connectivity index (χ0v) is 12.3. The van der Waals surface area contributed by atoms with Crippen LogP contribution in [0.25, 0.3) is 0 Å². The highest BCUT2D eigenvalue weighted by Crippen LogP contribution is 2.40. The fourth-order valence-corrected chi connectivity index (χ4v) is 2.83. The monoisotopic (exact) mass is 313 g/mol. The molecule has 1 aliphatic rings. The summed E-state index contributed by atoms with van der Waals surface area (Å²) in [7, 11) is 0. The molecule has 0 aliphatic carbocycles. The van der Waals surface area contributed by atoms with Gasteiger partial charge >= 0.3 is 0 Å². The van der Waals surface area contributed by atoms with Crippen LogP contribution in [0.5, 0.6) is 0 Å². The quantitative estimate of drug-likeness (QED) is 0.874. The Balaban J connectivity index is 2.01. The first-order valence-corrected chi connectivity index (χ1v) is 6.94. The maximum atomic E-state index is 6.30. The van der Waals surface area contributed by atoms with E-state index in [0.29, 0.717) is 23.2 Å². The van der Waals surface area contributed by atoms with Crippen LogP contribution in [0.4, 0.5) is 0 Å². The van der Waals surface area contributed by atoms with Crippen molar-refractivity contribution in [3.8, 4) is 0 Å². The maximum Gasteiger partial charge on any atom is 0.217 e. The molecule has 1 saturated heterocycles. The van der Waals surface area contributed by atoms with Crippen LogP contribution in [0.15, 0.2) is 30.9 Å². The number of rotatable bonds is 3. The van der Waals surface area contributed by atoms with E-state index in [4.69, 9.17) is 32.7 Å². The van der Waals surface area contributed by atoms with Gasteiger partial charge in [0.15, 0.2) is 0 Å². The molecule has 1 aromatic heterocycles. The second-order valence-corrected chi connectivity index (χ2v) is 5.55. The largest absolute Gasteiger partial charge is 0.342 e. The lowest BCUT2D eigenvalue weighted by molar-refractivity contribution is -0.186. The Labute approximate surface area is 126 Å². The summed E-state index contributed by atoms with van der Waals surface area (Å²) < 4.78 is 13.5. The zero-order chi connectivity index (χ0) is 14.2. The molecule has 106 valence electrons. The Morgan fingerprint density at radius 3 is 2.90 bits per heavy atom. The molecule has 2 aromatic rings. The van der Waals surface area contributed by atoms with Crippen molar-refractivity contribution >= 4 is 23.2 Å². The van der Waals surface area contributed by atoms with E-state index < -0.39 is 5.79 Å². The first-order chi connectivity index (χ1) is 9.59. The van der Waals surface area contributed by atoms with Crippen molar-refractivity contribution in [1.29, 1.82) is 0 Å². The second-order valence-electron chi connectivity index (χ2n) is 4.71. The summed E-state index contributed by atoms with van der Waals surface area (Å²) in [5, 5.41) is 5.18. The van der Waals surface area contributed by atoms with E-state index >= 15 is 0 Å². The van der Waals surface area contributed by atoms with Crippen LogP contribution in [-0.4, -0.2) is 27.5 Å². The smallest absolute Gasteiger partial charge is 0.217 e. The lowest BCUT2D eigenvalue weighted by Crippen LogP contribution is -2.34. The first-order valence-electron chi connectivity index (χ1n) is 6.19. The van der Waals surface area contributed by atoms with Crippen LogP contribution in [0.3, 0.4) is 0 Å². The molecule has 1 fully saturated rings. The molecule has 1 aromatic carbocycles. The molecule has 0 saturated carbocycles. The van der Waals surface area contributed by atoms with Crippen LogP contribution in [0, 0.1) is 0 Å². The summed E-state index contributed by atoms with van der Waals surface area (Å²) in [5.41, 5.74) is 0.739. The lowest BCUT2D eigenvalue weighted by Gasteiger charge is -2.29. The standard InChI is InChI=1S/C13H13Cl2N3O2/c1-9-5-19-13(20-9,6-18-8-16-7-17-18)11-3-2-10(14)4-12(11)15/h2-4,7-9H,5-6H2,1H3/t9-,13-/m1/s1. The molecule has 2 heterocycles. The summed E-state index contributed by atoms with van der Waals surface area (Å²) >= 11 is 12.2. The van der Waals surface area contributed by atoms with Crippen molar-refractivity contribution in [3.05, 3.63) is 46.5 Å². The maximum absolute atomic E-state index is 6.30. The SMILES string of the molecule is C[C@@H]1CO[C@@](Cn2cncn2)(c2ccc(Cl)cc2Cl)O1. The molecule has 5 nitrogen and oxygen atoms in total. The van der Waals surface area contributed by atoms with Crippen molar-refractivity contribution < 1.29 is 9.47 Å². The van der Waals surface area contributed by atoms with E-state index in [1.54, 1.807) is 23.1 Å². The van der Waals surface area contributed by atoms with E-state index in [1.807, 2.05) is 13.0 Å². The number of hydrogen-bond donors (Lipinski definition) is 0. The zero-order valence-electron chi connectivity index (χ0n) is 10.8. The first kappa shape index (κ1) is 13.8. The van der Waals surface area contributed by atoms with Gasteiger partial charge in [0.1, 0.15) is 19.2 Å². The summed E-state index contributed by atoms with van der Waals surface area (Å²) in [6.45, 7) is 2.82. The van der Waals surface area contributed by atoms with Crippen molar-refractivity contribution in [2.75, 3.05) is 6.61 Å². The third-order valence-corrected chi connectivity index (χ3v) is 3.67. The Kier molecular flexibility index (Phi) is 3.69. The highest BCUT2D eigenvalue weighted by atomic mass is 35.5. The van der Waals surface area contributed by atoms with Crippen molar-refractivity contribution in [3.63, 3.8) is 0 Å². The topological polar surface area (TPSA) is 49.2 Å². The van der Waals surface area contributed by atoms with Gasteiger partial charge in [-0.1, -0.05) is 29.3 Å². The molecule has 0 amide bonds. The van der Waals surface area contributed by atoms with Gasteiger partial charge in [0.25, 0.3) is 0 Å². The van der Waals surface area contributed by atoms with E-state index in [-0.39, 0.29) is 6.10 Å². The third kappa shape index (κ3) is 2.54. The molecule has 0 radical (unpaired) electrons. The second kappa shape index (κ2) is 5.33. The third-order valence-electron chi connectivity index (χ3n) is 3.12. The molecule has 7 heteroatoms. The molecule has 0 spiro atoms. The van der Waals surface area contributed by atoms with Crippen LogP contribution >= 0.6 is 23.2 Å². The molecule has 0 N–H and O–H groups in total. The molecule has 2 atom stereocenters. The van der Waals surface area contributed by atoms with E-state index in [9.17, 15) is 0 Å². The van der Waals surface area contributed by atoms with Crippen molar-refractivity contribution in [2.45, 2.75) is 25.4 Å². The number of ether oxygens (including phenoxy) is 2. The van der Waals surface area contributed by atoms with Crippen LogP contribution < -0.4 is 0 Å². The average Bonchev–Trinajstić information content (AvgIpc) is 3.00. The van der Waals surface area contributed by atoms with Crippen molar-refractivity contribution in [2.24, 2.45) is 0 Å². The molecule has 0 bridgehead atoms. The minimum atomic E-state index is -0.964. The van der Waals surface area contributed by atoms with Crippen molar-refractivity contribution in [1.82, 2.24) is 14.8 Å². The molecular formula is C13H13Cl2N3O2. The molecular weight excluding hydrogens is 301 g/mol. The number of aromatic nitrogens is 3. The van der Waals surface area contributed by atoms with Gasteiger partial charge < -0.3 is 9.47 Å². The fourth-order valence-electron chi connectivity index (χ4n) is 2.28. The normalized spacial score (nSPS) is 26.1. The number of hydrogen-bond acceptors (Lipinski definition) is 4. The number of nitrogens with zero attached hydrogens (tertiary/aromatic N) is 3. The van der Waals surface area contributed by atoms with E-state index in [0.717, 1.165) is 5.56 Å². The highest BCUT2D eigenvalue weighted by molar-refractivity contribution is 6.35. The highest BCUT2D eigenvalue weighted by Gasteiger charge is 2.44. The summed E-state index contributed by atoms with van der Waals surface area (Å²) in [4.78, 5) is 3.93. The molecule has 3 rings (SSSR count). The van der Waals surface area contributed by atoms with Gasteiger partial charge in [0.2, 0.25) is 5.79 Å². The van der Waals surface area contributed by atoms with Gasteiger partial charge in [-0.05, 0) is 19.1 Å². The van der Waals surface area contributed by atoms with Crippen LogP contribution in [0.2, 0.25) is 10.0 Å². The van der Waals surface area contributed by atoms with Gasteiger partial charge in [-0.15, -0.1) is 0 Å². The molecule has 0 unspecified atom stereocenters. The minimum absolute atomic E-state index is 0.0229. The summed E-state index contributed by atoms with van der Waals surface area (Å²) in [5.74, 6) is -0.964. The number of halogens is 2. The van der Waals surface area contributed by atoms with E-state index in [1.165, 1.54) is 6.33 Å². The molecule has 20 heavy (non-hydrogen) atoms. The fraction of sp³-hybridized carbons (Fsp3) is 0.385. The summed E-state index contributed by atoms with van der Waals surface area (Å²) in [6.07, 6.45) is 3.06. The Bertz CT molecular complexity index is 606. The minimum Gasteiger partial charge on any atom is -0.342 e. The predicted molar refractivity (Wildman–Crippen MR) is 74.7 cm³/mol. The Morgan fingerprint density at radius 2 is 2.30 bits per heavy atom. The van der Waals surface area contributed by atoms with E-state index in [2.05, 4.69) is 10.1 Å². The summed E-state index contributed by atoms with van der Waals surface area (Å²) in [6, 6.07) is 5.26. The van der Waals surface area contributed by atoms with Gasteiger partial charge in [0.05, 0.1) is 17.7 Å². The Hall–Kier alpha value is -1.14. The van der Waals surface area contributed by atoms with Gasteiger partial charge in [-0.25, -0.2) is 9.67 Å². The Morgan fingerprint density at radius 1 is 1.45 bits per heavy atom. The van der Waals surface area contributed by atoms with Gasteiger partial charge in [0, 0.05) is 10.6 Å². The predicted octanol–water partition coefficient (Wildman–Crippen LogP) is 2.87. The van der Waals surface area contributed by atoms with Gasteiger partial charge in [-0.2, -0.15) is 5.10 Å².